The van der Waals surface area contributed by atoms with Gasteiger partial charge in [0.25, 0.3) is 0 Å². The molecule has 0 spiro atoms. The van der Waals surface area contributed by atoms with E-state index < -0.39 is 16.8 Å². The molecule has 0 atom stereocenters. The molecule has 2 aromatic heterocycles. The van der Waals surface area contributed by atoms with Gasteiger partial charge in [-0.2, -0.15) is 0 Å². The van der Waals surface area contributed by atoms with E-state index in [-0.39, 0.29) is 15.8 Å². The molecule has 26 heavy (non-hydrogen) atoms. The number of sulfone groups is 1. The largest absolute Gasteiger partial charge is 0.306 e. The van der Waals surface area contributed by atoms with Gasteiger partial charge < -0.3 is 4.90 Å². The number of aromatic nitrogens is 2. The molecule has 3 heterocycles. The van der Waals surface area contributed by atoms with Crippen molar-refractivity contribution < 1.29 is 12.5 Å². The topological polar surface area (TPSA) is 63.2 Å². The third kappa shape index (κ3) is 3.10. The maximum Gasteiger partial charge on any atom is 0.225 e. The first-order valence-corrected chi connectivity index (χ1v) is 10.0. The van der Waals surface area contributed by atoms with Crippen molar-refractivity contribution in [2.75, 3.05) is 20.1 Å². The molecular formula is C20H21N3O2S. The van der Waals surface area contributed by atoms with Gasteiger partial charge in [0, 0.05) is 21.9 Å². The van der Waals surface area contributed by atoms with Gasteiger partial charge in [0.1, 0.15) is 0 Å². The molecule has 1 aromatic carbocycles. The highest BCUT2D eigenvalue weighted by atomic mass is 32.2. The van der Waals surface area contributed by atoms with Gasteiger partial charge in [-0.05, 0) is 62.6 Å². The van der Waals surface area contributed by atoms with Crippen LogP contribution < -0.4 is 0 Å². The average Bonchev–Trinajstić information content (AvgIpc) is 2.73. The lowest BCUT2D eigenvalue weighted by Crippen LogP contribution is -2.29. The average molecular weight is 373 g/mol. The highest BCUT2D eigenvalue weighted by molar-refractivity contribution is 7.91. The van der Waals surface area contributed by atoms with Crippen LogP contribution in [0.15, 0.2) is 64.8 Å². The Hall–Kier alpha value is -2.31. The zero-order chi connectivity index (χ0) is 20.6. The Labute approximate surface area is 157 Å². The molecule has 1 saturated heterocycles. The van der Waals surface area contributed by atoms with Gasteiger partial charge in [-0.1, -0.05) is 24.3 Å². The Kier molecular flexibility index (Phi) is 3.61. The Bertz CT molecular complexity index is 1130. The summed E-state index contributed by atoms with van der Waals surface area (Å²) in [4.78, 5) is 10.1. The lowest BCUT2D eigenvalue weighted by molar-refractivity contribution is 0.256. The number of nitrogens with zero attached hydrogens (tertiary/aromatic N) is 3. The number of likely N-dealkylation sites (tertiary alicyclic amines) is 1. The molecule has 5 nitrogen and oxygen atoms in total. The molecule has 1 aliphatic rings. The third-order valence-corrected chi connectivity index (χ3v) is 6.51. The van der Waals surface area contributed by atoms with Gasteiger partial charge in [0.15, 0.2) is 5.03 Å². The van der Waals surface area contributed by atoms with E-state index in [2.05, 4.69) is 9.97 Å². The van der Waals surface area contributed by atoms with Crippen molar-refractivity contribution in [3.05, 3.63) is 60.4 Å². The molecule has 0 bridgehead atoms. The molecule has 0 N–H and O–H groups in total. The normalized spacial score (nSPS) is 19.0. The zero-order valence-electron chi connectivity index (χ0n) is 17.2. The number of hydrogen-bond donors (Lipinski definition) is 0. The second kappa shape index (κ2) is 6.78. The van der Waals surface area contributed by atoms with Crippen LogP contribution in [0.25, 0.3) is 10.9 Å². The second-order valence-corrected chi connectivity index (χ2v) is 8.42. The summed E-state index contributed by atoms with van der Waals surface area (Å²) in [5.74, 6) is 0.197. The molecular weight excluding hydrogens is 346 g/mol. The maximum absolute atomic E-state index is 12.8. The molecule has 0 unspecified atom stereocenters. The number of fused-ring (bicyclic) bond motifs is 1. The fraction of sp³-hybridized carbons (Fsp3) is 0.300. The van der Waals surface area contributed by atoms with Crippen LogP contribution in [0.1, 0.15) is 28.4 Å². The minimum atomic E-state index is -3.73. The minimum Gasteiger partial charge on any atom is -0.306 e. The van der Waals surface area contributed by atoms with Crippen molar-refractivity contribution >= 4 is 20.7 Å². The minimum absolute atomic E-state index is 0.00524. The van der Waals surface area contributed by atoms with E-state index in [1.54, 1.807) is 18.2 Å². The first kappa shape index (κ1) is 13.8. The number of benzene rings is 1. The highest BCUT2D eigenvalue weighted by Gasteiger charge is 2.23. The van der Waals surface area contributed by atoms with Crippen LogP contribution in [0, 0.1) is 0 Å². The summed E-state index contributed by atoms with van der Waals surface area (Å²) in [6.45, 7) is -1.05. The van der Waals surface area contributed by atoms with Crippen LogP contribution in [-0.4, -0.2) is 43.4 Å². The van der Waals surface area contributed by atoms with Gasteiger partial charge in [-0.25, -0.2) is 13.4 Å². The quantitative estimate of drug-likeness (QED) is 0.705. The zero-order valence-corrected chi connectivity index (χ0v) is 15.0. The summed E-state index contributed by atoms with van der Waals surface area (Å²) in [7, 11) is -3.73. The van der Waals surface area contributed by atoms with Crippen molar-refractivity contribution in [3.63, 3.8) is 0 Å². The fourth-order valence-electron chi connectivity index (χ4n) is 3.46. The van der Waals surface area contributed by atoms with Crippen molar-refractivity contribution in [1.29, 1.82) is 0 Å². The van der Waals surface area contributed by atoms with E-state index in [1.807, 2.05) is 18.2 Å². The molecule has 1 fully saturated rings. The van der Waals surface area contributed by atoms with Crippen LogP contribution in [-0.2, 0) is 9.84 Å². The van der Waals surface area contributed by atoms with Gasteiger partial charge in [0.2, 0.25) is 9.84 Å². The van der Waals surface area contributed by atoms with Gasteiger partial charge in [-0.3, -0.25) is 4.98 Å². The van der Waals surface area contributed by atoms with Crippen LogP contribution in [0.2, 0.25) is 0 Å². The molecule has 3 aromatic rings. The van der Waals surface area contributed by atoms with Crippen molar-refractivity contribution in [2.45, 2.75) is 28.7 Å². The van der Waals surface area contributed by atoms with Crippen LogP contribution in [0.3, 0.4) is 0 Å². The summed E-state index contributed by atoms with van der Waals surface area (Å²) in [5.41, 5.74) is 1.80. The summed E-state index contributed by atoms with van der Waals surface area (Å²) >= 11 is 0. The van der Waals surface area contributed by atoms with Gasteiger partial charge in [0.05, 0.1) is 10.4 Å². The first-order chi connectivity index (χ1) is 13.8. The standard InChI is InChI=1S/C20H21N3O2S/c1-23-11-8-15(9-12-23)18-6-4-5-16-13-17(14-22-20(16)18)26(24,25)19-7-2-3-10-21-19/h2-7,10,13-15H,8-9,11-12H2,1H3/i1T3. The third-order valence-electron chi connectivity index (χ3n) is 4.88. The Morgan fingerprint density at radius 1 is 1.12 bits per heavy atom. The van der Waals surface area contributed by atoms with Crippen LogP contribution >= 0.6 is 0 Å². The Morgan fingerprint density at radius 2 is 1.96 bits per heavy atom. The Balaban J connectivity index is 1.66. The summed E-state index contributed by atoms with van der Waals surface area (Å²) in [6, 6.07) is 12.1. The van der Waals surface area contributed by atoms with E-state index in [1.165, 1.54) is 23.4 Å². The molecule has 1 aliphatic heterocycles. The maximum atomic E-state index is 12.8. The van der Waals surface area contributed by atoms with E-state index in [9.17, 15) is 8.42 Å². The monoisotopic (exact) mass is 373 g/mol. The second-order valence-electron chi connectivity index (χ2n) is 6.52. The Morgan fingerprint density at radius 3 is 2.69 bits per heavy atom. The molecule has 0 aliphatic carbocycles. The van der Waals surface area contributed by atoms with Crippen molar-refractivity contribution in [1.82, 2.24) is 14.9 Å². The van der Waals surface area contributed by atoms with Crippen LogP contribution in [0.4, 0.5) is 0 Å². The molecule has 6 heteroatoms. The SMILES string of the molecule is [3H]C([3H])([3H])N1CCC(c2cccc3cc(S(=O)(=O)c4ccccn4)cnc23)CC1. The first-order valence-electron chi connectivity index (χ1n) is 10.1. The molecule has 0 saturated carbocycles. The predicted octanol–water partition coefficient (Wildman–Crippen LogP) is 3.27. The number of rotatable bonds is 3. The molecule has 4 rings (SSSR count). The molecule has 0 amide bonds. The lowest BCUT2D eigenvalue weighted by atomic mass is 9.88. The van der Waals surface area contributed by atoms with E-state index in [0.717, 1.165) is 29.3 Å². The number of para-hydroxylation sites is 1. The van der Waals surface area contributed by atoms with E-state index in [4.69, 9.17) is 4.11 Å². The van der Waals surface area contributed by atoms with Crippen molar-refractivity contribution in [2.24, 2.45) is 0 Å². The molecule has 134 valence electrons. The highest BCUT2D eigenvalue weighted by Crippen LogP contribution is 2.33. The fourth-order valence-corrected chi connectivity index (χ4v) is 4.63. The predicted molar refractivity (Wildman–Crippen MR) is 101 cm³/mol. The van der Waals surface area contributed by atoms with Crippen molar-refractivity contribution in [3.8, 4) is 0 Å². The lowest BCUT2D eigenvalue weighted by Gasteiger charge is -2.29. The number of hydrogen-bond acceptors (Lipinski definition) is 5. The van der Waals surface area contributed by atoms with Gasteiger partial charge >= 0.3 is 0 Å². The van der Waals surface area contributed by atoms with Crippen LogP contribution in [0.5, 0.6) is 0 Å². The summed E-state index contributed by atoms with van der Waals surface area (Å²) in [6.07, 6.45) is 4.29. The summed E-state index contributed by atoms with van der Waals surface area (Å²) in [5, 5.41) is 0.743. The molecule has 0 radical (unpaired) electrons. The van der Waals surface area contributed by atoms with E-state index in [0.29, 0.717) is 13.1 Å². The number of pyridine rings is 2. The smallest absolute Gasteiger partial charge is 0.225 e. The summed E-state index contributed by atoms with van der Waals surface area (Å²) < 4.78 is 48.4. The number of piperidine rings is 1. The van der Waals surface area contributed by atoms with Gasteiger partial charge in [-0.15, -0.1) is 0 Å². The van der Waals surface area contributed by atoms with E-state index >= 15 is 0 Å².